The van der Waals surface area contributed by atoms with Gasteiger partial charge in [-0.3, -0.25) is 0 Å². The molecule has 0 radical (unpaired) electrons. The second kappa shape index (κ2) is 13.6. The van der Waals surface area contributed by atoms with Crippen LogP contribution in [0.15, 0.2) is 30.8 Å². The summed E-state index contributed by atoms with van der Waals surface area (Å²) in [6.07, 6.45) is 20.5. The van der Waals surface area contributed by atoms with Crippen LogP contribution < -0.4 is 0 Å². The van der Waals surface area contributed by atoms with Crippen molar-refractivity contribution >= 4 is 13.3 Å². The molecule has 1 aromatic carbocycles. The second-order valence-corrected chi connectivity index (χ2v) is 12.1. The molecule has 0 nitrogen and oxygen atoms in total. The standard InChI is InChI=1S/C24H42P/c1-5-9-12-19-25(20-13-10-6-2,21-14-11-7-3)22-24-17-15-23(8-4)16-18-24/h8,15-18H,4-7,9-14,19-22H2,1-3H3/q+1. The first-order chi connectivity index (χ1) is 12.2. The maximum Gasteiger partial charge on any atom is 0.0842 e. The van der Waals surface area contributed by atoms with Crippen LogP contribution in [0.5, 0.6) is 0 Å². The summed E-state index contributed by atoms with van der Waals surface area (Å²) >= 11 is 0. The normalized spacial score (nSPS) is 11.6. The van der Waals surface area contributed by atoms with Crippen LogP contribution in [0.1, 0.15) is 89.7 Å². The SMILES string of the molecule is C=Cc1ccc(C[P+](CCCCC)(CCCCC)CCCCC)cc1. The zero-order valence-corrected chi connectivity index (χ0v) is 18.1. The van der Waals surface area contributed by atoms with Crippen LogP contribution in [0, 0.1) is 0 Å². The summed E-state index contributed by atoms with van der Waals surface area (Å²) in [5.41, 5.74) is 2.82. The summed E-state index contributed by atoms with van der Waals surface area (Å²) in [5.74, 6) is 0. The van der Waals surface area contributed by atoms with Gasteiger partial charge in [0.1, 0.15) is 0 Å². The lowest BCUT2D eigenvalue weighted by Gasteiger charge is -2.28. The molecule has 25 heavy (non-hydrogen) atoms. The maximum absolute atomic E-state index is 3.89. The predicted molar refractivity (Wildman–Crippen MR) is 120 cm³/mol. The largest absolute Gasteiger partial charge is 0.0985 e. The van der Waals surface area contributed by atoms with Crippen LogP contribution in [-0.2, 0) is 6.16 Å². The van der Waals surface area contributed by atoms with Crippen molar-refractivity contribution in [1.29, 1.82) is 0 Å². The van der Waals surface area contributed by atoms with Crippen molar-refractivity contribution in [1.82, 2.24) is 0 Å². The van der Waals surface area contributed by atoms with E-state index in [1.807, 2.05) is 6.08 Å². The molecule has 0 spiro atoms. The molecule has 0 saturated heterocycles. The minimum Gasteiger partial charge on any atom is -0.0985 e. The van der Waals surface area contributed by atoms with E-state index in [0.717, 1.165) is 0 Å². The fourth-order valence-electron chi connectivity index (χ4n) is 3.81. The van der Waals surface area contributed by atoms with Gasteiger partial charge in [-0.05, 0) is 30.4 Å². The van der Waals surface area contributed by atoms with Gasteiger partial charge in [-0.25, -0.2) is 0 Å². The van der Waals surface area contributed by atoms with Gasteiger partial charge in [0.05, 0.1) is 24.6 Å². The molecule has 0 bridgehead atoms. The molecule has 0 aromatic heterocycles. The van der Waals surface area contributed by atoms with Gasteiger partial charge in [-0.15, -0.1) is 0 Å². The smallest absolute Gasteiger partial charge is 0.0842 e. The van der Waals surface area contributed by atoms with Crippen molar-refractivity contribution in [3.05, 3.63) is 42.0 Å². The molecule has 0 N–H and O–H groups in total. The molecule has 0 amide bonds. The minimum atomic E-state index is -0.857. The summed E-state index contributed by atoms with van der Waals surface area (Å²) < 4.78 is 0. The molecule has 0 fully saturated rings. The lowest BCUT2D eigenvalue weighted by molar-refractivity contribution is 0.740. The molecular weight excluding hydrogens is 319 g/mol. The van der Waals surface area contributed by atoms with E-state index in [4.69, 9.17) is 0 Å². The van der Waals surface area contributed by atoms with Crippen LogP contribution in [0.3, 0.4) is 0 Å². The topological polar surface area (TPSA) is 0 Å². The van der Waals surface area contributed by atoms with Gasteiger partial charge in [-0.2, -0.15) is 0 Å². The number of rotatable bonds is 15. The average Bonchev–Trinajstić information content (AvgIpc) is 2.63. The van der Waals surface area contributed by atoms with Gasteiger partial charge >= 0.3 is 0 Å². The third-order valence-corrected chi connectivity index (χ3v) is 10.3. The van der Waals surface area contributed by atoms with E-state index < -0.39 is 7.26 Å². The van der Waals surface area contributed by atoms with Gasteiger partial charge in [0.25, 0.3) is 0 Å². The predicted octanol–water partition coefficient (Wildman–Crippen LogP) is 8.42. The van der Waals surface area contributed by atoms with Gasteiger partial charge in [-0.1, -0.05) is 96.2 Å². The van der Waals surface area contributed by atoms with Crippen LogP contribution in [0.25, 0.3) is 6.08 Å². The highest BCUT2D eigenvalue weighted by Gasteiger charge is 2.35. The monoisotopic (exact) mass is 361 g/mol. The first kappa shape index (κ1) is 22.4. The Labute approximate surface area is 158 Å². The zero-order valence-electron chi connectivity index (χ0n) is 17.2. The molecule has 0 atom stereocenters. The third-order valence-electron chi connectivity index (χ3n) is 5.44. The van der Waals surface area contributed by atoms with Crippen molar-refractivity contribution in [2.45, 2.75) is 84.7 Å². The molecule has 0 heterocycles. The Hall–Kier alpha value is -0.610. The molecule has 1 rings (SSSR count). The summed E-state index contributed by atoms with van der Waals surface area (Å²) in [6, 6.07) is 9.23. The first-order valence-corrected chi connectivity index (χ1v) is 13.3. The summed E-state index contributed by atoms with van der Waals surface area (Å²) in [5, 5.41) is 0. The average molecular weight is 362 g/mol. The molecule has 0 unspecified atom stereocenters. The van der Waals surface area contributed by atoms with E-state index in [9.17, 15) is 0 Å². The van der Waals surface area contributed by atoms with Gasteiger partial charge in [0.15, 0.2) is 0 Å². The van der Waals surface area contributed by atoms with E-state index in [-0.39, 0.29) is 0 Å². The lowest BCUT2D eigenvalue weighted by atomic mass is 10.1. The Morgan fingerprint density at radius 2 is 1.16 bits per heavy atom. The zero-order chi connectivity index (χ0) is 18.4. The van der Waals surface area contributed by atoms with E-state index in [1.165, 1.54) is 88.0 Å². The van der Waals surface area contributed by atoms with E-state index in [2.05, 4.69) is 51.6 Å². The molecule has 0 aliphatic rings. The number of benzene rings is 1. The highest BCUT2D eigenvalue weighted by atomic mass is 31.2. The quantitative estimate of drug-likeness (QED) is 0.217. The van der Waals surface area contributed by atoms with E-state index in [1.54, 1.807) is 5.56 Å². The van der Waals surface area contributed by atoms with E-state index in [0.29, 0.717) is 0 Å². The molecule has 1 heteroatoms. The fraction of sp³-hybridized carbons (Fsp3) is 0.667. The van der Waals surface area contributed by atoms with Gasteiger partial charge in [0, 0.05) is 7.26 Å². The minimum absolute atomic E-state index is 0.857. The lowest BCUT2D eigenvalue weighted by Crippen LogP contribution is -2.12. The first-order valence-electron chi connectivity index (χ1n) is 10.8. The van der Waals surface area contributed by atoms with Gasteiger partial charge in [0.2, 0.25) is 0 Å². The Balaban J connectivity index is 2.88. The highest BCUT2D eigenvalue weighted by Crippen LogP contribution is 2.63. The summed E-state index contributed by atoms with van der Waals surface area (Å²) in [7, 11) is -0.857. The molecule has 142 valence electrons. The molecular formula is C24H42P+. The Morgan fingerprint density at radius 1 is 0.720 bits per heavy atom. The maximum atomic E-state index is 3.89. The third kappa shape index (κ3) is 9.05. The van der Waals surface area contributed by atoms with Crippen molar-refractivity contribution < 1.29 is 0 Å². The van der Waals surface area contributed by atoms with Crippen molar-refractivity contribution in [2.24, 2.45) is 0 Å². The summed E-state index contributed by atoms with van der Waals surface area (Å²) in [6.45, 7) is 10.9. The Bertz CT molecular complexity index is 419. The van der Waals surface area contributed by atoms with Gasteiger partial charge < -0.3 is 0 Å². The number of unbranched alkanes of at least 4 members (excludes halogenated alkanes) is 6. The molecule has 1 aromatic rings. The van der Waals surface area contributed by atoms with Crippen molar-refractivity contribution in [2.75, 3.05) is 18.5 Å². The van der Waals surface area contributed by atoms with Crippen LogP contribution in [-0.4, -0.2) is 18.5 Å². The number of hydrogen-bond donors (Lipinski definition) is 0. The van der Waals surface area contributed by atoms with E-state index >= 15 is 0 Å². The summed E-state index contributed by atoms with van der Waals surface area (Å²) in [4.78, 5) is 0. The van der Waals surface area contributed by atoms with Crippen molar-refractivity contribution in [3.8, 4) is 0 Å². The van der Waals surface area contributed by atoms with Crippen molar-refractivity contribution in [3.63, 3.8) is 0 Å². The Morgan fingerprint density at radius 3 is 1.52 bits per heavy atom. The molecule has 0 aliphatic heterocycles. The van der Waals surface area contributed by atoms with Crippen LogP contribution in [0.2, 0.25) is 0 Å². The Kier molecular flexibility index (Phi) is 12.2. The molecule has 0 saturated carbocycles. The second-order valence-electron chi connectivity index (χ2n) is 7.74. The fourth-order valence-corrected chi connectivity index (χ4v) is 8.62. The highest BCUT2D eigenvalue weighted by molar-refractivity contribution is 7.75. The molecule has 0 aliphatic carbocycles. The van der Waals surface area contributed by atoms with Crippen LogP contribution >= 0.6 is 7.26 Å². The number of hydrogen-bond acceptors (Lipinski definition) is 0. The van der Waals surface area contributed by atoms with Crippen LogP contribution in [0.4, 0.5) is 0 Å².